The van der Waals surface area contributed by atoms with E-state index in [2.05, 4.69) is 31.3 Å². The van der Waals surface area contributed by atoms with Crippen LogP contribution in [0.2, 0.25) is 0 Å². The largest absolute Gasteiger partial charge is 0.486 e. The highest BCUT2D eigenvalue weighted by Crippen LogP contribution is 2.31. The van der Waals surface area contributed by atoms with Crippen molar-refractivity contribution in [3.63, 3.8) is 0 Å². The number of nitrogens with one attached hydrogen (secondary N) is 1. The van der Waals surface area contributed by atoms with Crippen LogP contribution in [0.3, 0.4) is 0 Å². The van der Waals surface area contributed by atoms with Crippen molar-refractivity contribution in [1.82, 2.24) is 5.32 Å². The van der Waals surface area contributed by atoms with E-state index in [4.69, 9.17) is 14.2 Å². The Morgan fingerprint density at radius 1 is 1.19 bits per heavy atom. The maximum Gasteiger partial charge on any atom is 0.260 e. The summed E-state index contributed by atoms with van der Waals surface area (Å²) in [6.07, 6.45) is -0.817. The molecule has 5 nitrogen and oxygen atoms in total. The Bertz CT molecular complexity index is 803. The maximum absolute atomic E-state index is 12.5. The number of para-hydroxylation sites is 2. The Balaban J connectivity index is 1.55. The van der Waals surface area contributed by atoms with Crippen LogP contribution in [-0.4, -0.2) is 31.3 Å². The SMILES string of the molecule is Cc1ccc(C(C)C)c(OC(C)C(=O)NCC2COc3ccccc3O2)c1. The first-order valence-electron chi connectivity index (χ1n) is 9.37. The fourth-order valence-electron chi connectivity index (χ4n) is 2.99. The summed E-state index contributed by atoms with van der Waals surface area (Å²) >= 11 is 0. The van der Waals surface area contributed by atoms with Crippen LogP contribution in [0.5, 0.6) is 17.2 Å². The number of benzene rings is 2. The Hall–Kier alpha value is -2.69. The molecule has 0 spiro atoms. The smallest absolute Gasteiger partial charge is 0.260 e. The van der Waals surface area contributed by atoms with Crippen molar-refractivity contribution in [1.29, 1.82) is 0 Å². The van der Waals surface area contributed by atoms with Gasteiger partial charge in [-0.2, -0.15) is 0 Å². The highest BCUT2D eigenvalue weighted by molar-refractivity contribution is 5.80. The van der Waals surface area contributed by atoms with Crippen molar-refractivity contribution in [3.05, 3.63) is 53.6 Å². The van der Waals surface area contributed by atoms with Gasteiger partial charge < -0.3 is 19.5 Å². The van der Waals surface area contributed by atoms with Gasteiger partial charge in [-0.15, -0.1) is 0 Å². The number of fused-ring (bicyclic) bond motifs is 1. The molecule has 1 amide bonds. The molecule has 2 unspecified atom stereocenters. The molecule has 2 aromatic rings. The summed E-state index contributed by atoms with van der Waals surface area (Å²) < 4.78 is 17.5. The molecule has 1 N–H and O–H groups in total. The zero-order chi connectivity index (χ0) is 19.4. The van der Waals surface area contributed by atoms with Crippen molar-refractivity contribution >= 4 is 5.91 Å². The number of carbonyl (C=O) groups is 1. The lowest BCUT2D eigenvalue weighted by Gasteiger charge is -2.27. The second-order valence-corrected chi connectivity index (χ2v) is 7.20. The maximum atomic E-state index is 12.5. The van der Waals surface area contributed by atoms with E-state index in [1.807, 2.05) is 37.3 Å². The van der Waals surface area contributed by atoms with E-state index in [0.717, 1.165) is 22.6 Å². The van der Waals surface area contributed by atoms with Gasteiger partial charge in [0, 0.05) is 0 Å². The molecule has 0 radical (unpaired) electrons. The summed E-state index contributed by atoms with van der Waals surface area (Å²) in [4.78, 5) is 12.5. The third kappa shape index (κ3) is 4.73. The van der Waals surface area contributed by atoms with Gasteiger partial charge in [0.05, 0.1) is 6.54 Å². The van der Waals surface area contributed by atoms with E-state index >= 15 is 0 Å². The zero-order valence-corrected chi connectivity index (χ0v) is 16.3. The Morgan fingerprint density at radius 2 is 1.93 bits per heavy atom. The quantitative estimate of drug-likeness (QED) is 0.840. The summed E-state index contributed by atoms with van der Waals surface area (Å²) in [5.41, 5.74) is 2.20. The van der Waals surface area contributed by atoms with Crippen LogP contribution in [0.4, 0.5) is 0 Å². The summed E-state index contributed by atoms with van der Waals surface area (Å²) in [6, 6.07) is 13.6. The minimum absolute atomic E-state index is 0.173. The number of hydrogen-bond acceptors (Lipinski definition) is 4. The molecule has 27 heavy (non-hydrogen) atoms. The molecule has 1 heterocycles. The van der Waals surface area contributed by atoms with Gasteiger partial charge in [0.25, 0.3) is 5.91 Å². The Labute approximate surface area is 160 Å². The number of amides is 1. The highest BCUT2D eigenvalue weighted by Gasteiger charge is 2.23. The van der Waals surface area contributed by atoms with Gasteiger partial charge in [0.2, 0.25) is 0 Å². The summed E-state index contributed by atoms with van der Waals surface area (Å²) in [5.74, 6) is 2.35. The first-order valence-corrected chi connectivity index (χ1v) is 9.37. The molecule has 1 aliphatic heterocycles. The predicted molar refractivity (Wildman–Crippen MR) is 105 cm³/mol. The zero-order valence-electron chi connectivity index (χ0n) is 16.3. The van der Waals surface area contributed by atoms with Crippen LogP contribution in [0, 0.1) is 6.92 Å². The predicted octanol–water partition coefficient (Wildman–Crippen LogP) is 3.84. The molecule has 0 aromatic heterocycles. The Kier molecular flexibility index (Phi) is 5.89. The van der Waals surface area contributed by atoms with Crippen molar-refractivity contribution in [3.8, 4) is 17.2 Å². The van der Waals surface area contributed by atoms with E-state index in [-0.39, 0.29) is 12.0 Å². The van der Waals surface area contributed by atoms with E-state index in [9.17, 15) is 4.79 Å². The average molecular weight is 369 g/mol. The normalized spacial score (nSPS) is 16.7. The molecule has 0 saturated heterocycles. The first-order chi connectivity index (χ1) is 12.9. The highest BCUT2D eigenvalue weighted by atomic mass is 16.6. The molecule has 0 aliphatic carbocycles. The minimum atomic E-state index is -0.596. The fraction of sp³-hybridized carbons (Fsp3) is 0.409. The molecule has 3 rings (SSSR count). The van der Waals surface area contributed by atoms with Gasteiger partial charge >= 0.3 is 0 Å². The summed E-state index contributed by atoms with van der Waals surface area (Å²) in [7, 11) is 0. The number of ether oxygens (including phenoxy) is 3. The molecular weight excluding hydrogens is 342 g/mol. The third-order valence-corrected chi connectivity index (χ3v) is 4.54. The lowest BCUT2D eigenvalue weighted by molar-refractivity contribution is -0.127. The summed E-state index contributed by atoms with van der Waals surface area (Å²) in [6.45, 7) is 8.77. The van der Waals surface area contributed by atoms with E-state index in [0.29, 0.717) is 24.8 Å². The molecule has 2 atom stereocenters. The van der Waals surface area contributed by atoms with Crippen LogP contribution in [0.25, 0.3) is 0 Å². The molecular formula is C22H27NO4. The number of rotatable bonds is 6. The lowest BCUT2D eigenvalue weighted by atomic mass is 10.0. The van der Waals surface area contributed by atoms with E-state index in [1.165, 1.54) is 0 Å². The van der Waals surface area contributed by atoms with Gasteiger partial charge in [-0.05, 0) is 49.1 Å². The standard InChI is InChI=1S/C22H27NO4/c1-14(2)18-10-9-15(3)11-21(18)26-16(4)22(24)23-12-17-13-25-19-7-5-6-8-20(19)27-17/h5-11,14,16-17H,12-13H2,1-4H3,(H,23,24). The minimum Gasteiger partial charge on any atom is -0.486 e. The second-order valence-electron chi connectivity index (χ2n) is 7.20. The molecule has 0 fully saturated rings. The summed E-state index contributed by atoms with van der Waals surface area (Å²) in [5, 5.41) is 2.90. The monoisotopic (exact) mass is 369 g/mol. The molecule has 0 bridgehead atoms. The second kappa shape index (κ2) is 8.33. The number of aryl methyl sites for hydroxylation is 1. The van der Waals surface area contributed by atoms with Gasteiger partial charge in [0.15, 0.2) is 17.6 Å². The molecule has 5 heteroatoms. The van der Waals surface area contributed by atoms with Crippen LogP contribution < -0.4 is 19.5 Å². The third-order valence-electron chi connectivity index (χ3n) is 4.54. The van der Waals surface area contributed by atoms with Gasteiger partial charge in [-0.25, -0.2) is 0 Å². The van der Waals surface area contributed by atoms with Crippen molar-refractivity contribution in [2.75, 3.05) is 13.2 Å². The molecule has 0 saturated carbocycles. The lowest BCUT2D eigenvalue weighted by Crippen LogP contribution is -2.44. The number of carbonyl (C=O) groups excluding carboxylic acids is 1. The van der Waals surface area contributed by atoms with E-state index < -0.39 is 6.10 Å². The average Bonchev–Trinajstić information content (AvgIpc) is 2.65. The first kappa shape index (κ1) is 19.1. The topological polar surface area (TPSA) is 56.8 Å². The van der Waals surface area contributed by atoms with Crippen molar-refractivity contribution in [2.24, 2.45) is 0 Å². The van der Waals surface area contributed by atoms with Crippen LogP contribution in [0.15, 0.2) is 42.5 Å². The van der Waals surface area contributed by atoms with Crippen LogP contribution >= 0.6 is 0 Å². The van der Waals surface area contributed by atoms with Gasteiger partial charge in [-0.3, -0.25) is 4.79 Å². The molecule has 1 aliphatic rings. The van der Waals surface area contributed by atoms with E-state index in [1.54, 1.807) is 6.92 Å². The van der Waals surface area contributed by atoms with Crippen LogP contribution in [0.1, 0.15) is 37.8 Å². The molecule has 2 aromatic carbocycles. The molecule has 144 valence electrons. The van der Waals surface area contributed by atoms with Crippen molar-refractivity contribution in [2.45, 2.75) is 45.8 Å². The number of hydrogen-bond donors (Lipinski definition) is 1. The fourth-order valence-corrected chi connectivity index (χ4v) is 2.99. The Morgan fingerprint density at radius 3 is 2.67 bits per heavy atom. The van der Waals surface area contributed by atoms with Gasteiger partial charge in [-0.1, -0.05) is 38.1 Å². The van der Waals surface area contributed by atoms with Crippen molar-refractivity contribution < 1.29 is 19.0 Å². The van der Waals surface area contributed by atoms with Gasteiger partial charge in [0.1, 0.15) is 18.5 Å². The van der Waals surface area contributed by atoms with Crippen LogP contribution in [-0.2, 0) is 4.79 Å².